The fraction of sp³-hybridized carbons (Fsp3) is 1.00. The van der Waals surface area contributed by atoms with E-state index >= 15 is 0 Å². The Bertz CT molecular complexity index is 177. The van der Waals surface area contributed by atoms with Crippen molar-refractivity contribution in [1.29, 1.82) is 0 Å². The maximum Gasteiger partial charge on any atom is 0.00952 e. The monoisotopic (exact) mass is 224 g/mol. The predicted molar refractivity (Wildman–Crippen MR) is 69.7 cm³/mol. The fourth-order valence-electron chi connectivity index (χ4n) is 3.43. The maximum absolute atomic E-state index is 3.32. The van der Waals surface area contributed by atoms with Crippen molar-refractivity contribution in [2.75, 3.05) is 26.7 Å². The first-order valence-electron chi connectivity index (χ1n) is 7.29. The number of hydrogen-bond donors (Lipinski definition) is 1. The highest BCUT2D eigenvalue weighted by Gasteiger charge is 2.24. The van der Waals surface area contributed by atoms with E-state index in [1.54, 1.807) is 0 Å². The predicted octanol–water partition coefficient (Wildman–Crippen LogP) is 2.64. The Hall–Kier alpha value is -0.0800. The standard InChI is InChI=1S/C14H28N2/c1-15-12-13-8-10-16(11-9-13)14-6-4-2-3-5-7-14/h13-15H,2-12H2,1H3. The average Bonchev–Trinajstić information content (AvgIpc) is 2.59. The van der Waals surface area contributed by atoms with Crippen LogP contribution in [0.2, 0.25) is 0 Å². The molecule has 1 aliphatic carbocycles. The van der Waals surface area contributed by atoms with E-state index in [4.69, 9.17) is 0 Å². The molecule has 0 unspecified atom stereocenters. The molecular formula is C14H28N2. The highest BCUT2D eigenvalue weighted by atomic mass is 15.2. The molecule has 1 saturated carbocycles. The summed E-state index contributed by atoms with van der Waals surface area (Å²) in [6.07, 6.45) is 11.7. The van der Waals surface area contributed by atoms with Crippen molar-refractivity contribution in [3.05, 3.63) is 0 Å². The molecule has 16 heavy (non-hydrogen) atoms. The number of hydrogen-bond acceptors (Lipinski definition) is 2. The average molecular weight is 224 g/mol. The van der Waals surface area contributed by atoms with Crippen LogP contribution >= 0.6 is 0 Å². The van der Waals surface area contributed by atoms with Gasteiger partial charge in [0.2, 0.25) is 0 Å². The van der Waals surface area contributed by atoms with Crippen molar-refractivity contribution in [3.8, 4) is 0 Å². The van der Waals surface area contributed by atoms with Crippen molar-refractivity contribution in [3.63, 3.8) is 0 Å². The Labute approximate surface area is 101 Å². The Balaban J connectivity index is 1.74. The maximum atomic E-state index is 3.32. The largest absolute Gasteiger partial charge is 0.319 e. The van der Waals surface area contributed by atoms with Gasteiger partial charge in [0.1, 0.15) is 0 Å². The lowest BCUT2D eigenvalue weighted by atomic mass is 9.94. The second-order valence-electron chi connectivity index (χ2n) is 5.68. The Morgan fingerprint density at radius 1 is 0.938 bits per heavy atom. The summed E-state index contributed by atoms with van der Waals surface area (Å²) in [6, 6.07) is 0.929. The van der Waals surface area contributed by atoms with Gasteiger partial charge in [0.25, 0.3) is 0 Å². The quantitative estimate of drug-likeness (QED) is 0.741. The summed E-state index contributed by atoms with van der Waals surface area (Å²) < 4.78 is 0. The van der Waals surface area contributed by atoms with Crippen molar-refractivity contribution in [2.24, 2.45) is 5.92 Å². The van der Waals surface area contributed by atoms with Crippen LogP contribution in [0.1, 0.15) is 51.4 Å². The summed E-state index contributed by atoms with van der Waals surface area (Å²) in [4.78, 5) is 2.79. The molecule has 94 valence electrons. The van der Waals surface area contributed by atoms with E-state index in [2.05, 4.69) is 17.3 Å². The smallest absolute Gasteiger partial charge is 0.00952 e. The van der Waals surface area contributed by atoms with Gasteiger partial charge >= 0.3 is 0 Å². The van der Waals surface area contributed by atoms with Gasteiger partial charge in [-0.3, -0.25) is 0 Å². The third kappa shape index (κ3) is 3.46. The number of nitrogens with one attached hydrogen (secondary N) is 1. The second-order valence-corrected chi connectivity index (χ2v) is 5.68. The van der Waals surface area contributed by atoms with Crippen LogP contribution in [0.25, 0.3) is 0 Å². The zero-order valence-electron chi connectivity index (χ0n) is 10.9. The van der Waals surface area contributed by atoms with Gasteiger partial charge in [0.15, 0.2) is 0 Å². The summed E-state index contributed by atoms with van der Waals surface area (Å²) in [5.41, 5.74) is 0. The van der Waals surface area contributed by atoms with E-state index in [0.717, 1.165) is 12.0 Å². The Morgan fingerprint density at radius 3 is 2.12 bits per heavy atom. The highest BCUT2D eigenvalue weighted by Crippen LogP contribution is 2.26. The van der Waals surface area contributed by atoms with E-state index in [-0.39, 0.29) is 0 Å². The van der Waals surface area contributed by atoms with Gasteiger partial charge in [-0.15, -0.1) is 0 Å². The zero-order valence-corrected chi connectivity index (χ0v) is 10.9. The molecule has 0 radical (unpaired) electrons. The molecular weight excluding hydrogens is 196 g/mol. The Morgan fingerprint density at radius 2 is 1.56 bits per heavy atom. The minimum Gasteiger partial charge on any atom is -0.319 e. The molecule has 2 rings (SSSR count). The molecule has 0 aromatic rings. The van der Waals surface area contributed by atoms with E-state index in [9.17, 15) is 0 Å². The molecule has 0 amide bonds. The lowest BCUT2D eigenvalue weighted by Crippen LogP contribution is -2.42. The van der Waals surface area contributed by atoms with Crippen molar-refractivity contribution in [2.45, 2.75) is 57.4 Å². The summed E-state index contributed by atoms with van der Waals surface area (Å²) in [5, 5.41) is 3.32. The molecule has 1 saturated heterocycles. The lowest BCUT2D eigenvalue weighted by Gasteiger charge is -2.37. The van der Waals surface area contributed by atoms with Gasteiger partial charge in [0, 0.05) is 6.04 Å². The van der Waals surface area contributed by atoms with E-state index in [0.29, 0.717) is 0 Å². The summed E-state index contributed by atoms with van der Waals surface area (Å²) >= 11 is 0. The minimum atomic E-state index is 0.929. The first kappa shape index (κ1) is 12.4. The normalized spacial score (nSPS) is 26.8. The molecule has 0 bridgehead atoms. The molecule has 1 N–H and O–H groups in total. The summed E-state index contributed by atoms with van der Waals surface area (Å²) in [5.74, 6) is 0.937. The van der Waals surface area contributed by atoms with Crippen LogP contribution in [0.5, 0.6) is 0 Å². The van der Waals surface area contributed by atoms with E-state index < -0.39 is 0 Å². The molecule has 0 aromatic carbocycles. The number of nitrogens with zero attached hydrogens (tertiary/aromatic N) is 1. The number of piperidine rings is 1. The van der Waals surface area contributed by atoms with Crippen LogP contribution in [-0.2, 0) is 0 Å². The molecule has 0 spiro atoms. The van der Waals surface area contributed by atoms with Crippen molar-refractivity contribution >= 4 is 0 Å². The van der Waals surface area contributed by atoms with Crippen LogP contribution < -0.4 is 5.32 Å². The van der Waals surface area contributed by atoms with E-state index in [1.807, 2.05) is 0 Å². The van der Waals surface area contributed by atoms with Crippen molar-refractivity contribution in [1.82, 2.24) is 10.2 Å². The molecule has 2 fully saturated rings. The molecule has 1 aliphatic heterocycles. The van der Waals surface area contributed by atoms with Gasteiger partial charge in [0.05, 0.1) is 0 Å². The third-order valence-corrected chi connectivity index (χ3v) is 4.48. The van der Waals surface area contributed by atoms with Gasteiger partial charge in [-0.1, -0.05) is 25.7 Å². The second kappa shape index (κ2) is 6.61. The van der Waals surface area contributed by atoms with Crippen LogP contribution in [0.3, 0.4) is 0 Å². The van der Waals surface area contributed by atoms with Gasteiger partial charge < -0.3 is 10.2 Å². The van der Waals surface area contributed by atoms with Crippen LogP contribution in [-0.4, -0.2) is 37.6 Å². The lowest BCUT2D eigenvalue weighted by molar-refractivity contribution is 0.121. The number of rotatable bonds is 3. The summed E-state index contributed by atoms with van der Waals surface area (Å²) in [6.45, 7) is 3.94. The van der Waals surface area contributed by atoms with E-state index in [1.165, 1.54) is 71.0 Å². The molecule has 0 aromatic heterocycles. The summed E-state index contributed by atoms with van der Waals surface area (Å²) in [7, 11) is 2.08. The van der Waals surface area contributed by atoms with Gasteiger partial charge in [-0.2, -0.15) is 0 Å². The molecule has 1 heterocycles. The SMILES string of the molecule is CNCC1CCN(C2CCCCCC2)CC1. The van der Waals surface area contributed by atoms with Gasteiger partial charge in [-0.05, 0) is 58.3 Å². The molecule has 2 heteroatoms. The first-order chi connectivity index (χ1) is 7.90. The third-order valence-electron chi connectivity index (χ3n) is 4.48. The number of likely N-dealkylation sites (tertiary alicyclic amines) is 1. The molecule has 0 atom stereocenters. The van der Waals surface area contributed by atoms with Crippen molar-refractivity contribution < 1.29 is 0 Å². The van der Waals surface area contributed by atoms with Crippen LogP contribution in [0.4, 0.5) is 0 Å². The first-order valence-corrected chi connectivity index (χ1v) is 7.29. The van der Waals surface area contributed by atoms with Crippen LogP contribution in [0, 0.1) is 5.92 Å². The fourth-order valence-corrected chi connectivity index (χ4v) is 3.43. The molecule has 2 aliphatic rings. The zero-order chi connectivity index (χ0) is 11.2. The minimum absolute atomic E-state index is 0.929. The Kier molecular flexibility index (Phi) is 5.11. The topological polar surface area (TPSA) is 15.3 Å². The highest BCUT2D eigenvalue weighted by molar-refractivity contribution is 4.80. The van der Waals surface area contributed by atoms with Crippen LogP contribution in [0.15, 0.2) is 0 Å². The van der Waals surface area contributed by atoms with Gasteiger partial charge in [-0.25, -0.2) is 0 Å². The molecule has 2 nitrogen and oxygen atoms in total.